The van der Waals surface area contributed by atoms with Crippen LogP contribution in [-0.2, 0) is 38.7 Å². The van der Waals surface area contributed by atoms with E-state index in [1.807, 2.05) is 12.1 Å². The second-order valence-corrected chi connectivity index (χ2v) is 13.4. The van der Waals surface area contributed by atoms with Gasteiger partial charge in [-0.3, -0.25) is 14.1 Å². The van der Waals surface area contributed by atoms with E-state index in [1.54, 1.807) is 18.2 Å². The van der Waals surface area contributed by atoms with Crippen LogP contribution in [0.25, 0.3) is 10.9 Å². The largest absolute Gasteiger partial charge is 0.490 e. The first kappa shape index (κ1) is 40.4. The molecular formula is C28H31F3N8O12S2. The Kier molecular flexibility index (Phi) is 12.3. The van der Waals surface area contributed by atoms with Crippen LogP contribution in [0.15, 0.2) is 40.9 Å². The van der Waals surface area contributed by atoms with Crippen molar-refractivity contribution in [1.82, 2.24) is 25.7 Å². The molecule has 0 saturated carbocycles. The van der Waals surface area contributed by atoms with Gasteiger partial charge in [-0.05, 0) is 44.2 Å². The Balaban J connectivity index is 0.000000815. The number of nitrogens with one attached hydrogen (secondary N) is 2. The SMILES string of the molecule is CC1(C)C(NC(=O)C(=NOC(COc2ccc3nc(N4CCNCC4)ccc3c2)C(=O)O)c2csc(N)n2)C(=O)N1OS(=O)(=O)O.O=C(O)C(F)(F)F. The monoisotopic (exact) mass is 792 g/mol. The number of carbonyl (C=O) groups excluding carboxylic acids is 2. The molecule has 288 valence electrons. The molecule has 2 aliphatic heterocycles. The number of nitrogens with two attached hydrogens (primary N) is 1. The topological polar surface area (TPSA) is 286 Å². The van der Waals surface area contributed by atoms with Crippen molar-refractivity contribution in [1.29, 1.82) is 0 Å². The lowest BCUT2D eigenvalue weighted by Crippen LogP contribution is -2.76. The molecule has 0 spiro atoms. The Hall–Kier alpha value is -5.37. The molecule has 2 unspecified atom stereocenters. The predicted octanol–water partition coefficient (Wildman–Crippen LogP) is 0.409. The molecule has 2 atom stereocenters. The summed E-state index contributed by atoms with van der Waals surface area (Å²) in [4.78, 5) is 62.7. The number of halogens is 3. The van der Waals surface area contributed by atoms with Gasteiger partial charge in [0.25, 0.3) is 17.9 Å². The number of anilines is 2. The van der Waals surface area contributed by atoms with Crippen molar-refractivity contribution in [2.45, 2.75) is 37.7 Å². The Morgan fingerprint density at radius 3 is 2.38 bits per heavy atom. The highest BCUT2D eigenvalue weighted by molar-refractivity contribution is 7.80. The highest BCUT2D eigenvalue weighted by Gasteiger charge is 2.58. The number of ether oxygens (including phenoxy) is 1. The summed E-state index contributed by atoms with van der Waals surface area (Å²) >= 11 is 0.963. The van der Waals surface area contributed by atoms with Crippen molar-refractivity contribution in [3.05, 3.63) is 41.4 Å². The molecule has 5 rings (SSSR count). The average Bonchev–Trinajstić information content (AvgIpc) is 3.52. The van der Waals surface area contributed by atoms with Gasteiger partial charge >= 0.3 is 28.5 Å². The molecule has 0 bridgehead atoms. The molecule has 20 nitrogen and oxygen atoms in total. The van der Waals surface area contributed by atoms with E-state index >= 15 is 0 Å². The van der Waals surface area contributed by atoms with E-state index in [4.69, 9.17) is 34.7 Å². The van der Waals surface area contributed by atoms with Crippen molar-refractivity contribution in [2.75, 3.05) is 43.4 Å². The third-order valence-corrected chi connectivity index (χ3v) is 8.39. The number of nitrogens with zero attached hydrogens (tertiary/aromatic N) is 5. The number of aliphatic carboxylic acids is 2. The fourth-order valence-electron chi connectivity index (χ4n) is 4.71. The maximum atomic E-state index is 13.2. The maximum absolute atomic E-state index is 13.2. The summed E-state index contributed by atoms with van der Waals surface area (Å²) in [6.45, 7) is 5.67. The fourth-order valence-corrected chi connectivity index (χ4v) is 5.71. The minimum atomic E-state index is -5.08. The van der Waals surface area contributed by atoms with Crippen molar-refractivity contribution < 1.29 is 69.4 Å². The number of hydrogen-bond donors (Lipinski definition) is 6. The number of hydroxylamine groups is 2. The molecule has 4 heterocycles. The molecule has 7 N–H and O–H groups in total. The van der Waals surface area contributed by atoms with Gasteiger partial charge in [0.05, 0.1) is 11.1 Å². The smallest absolute Gasteiger partial charge is 0.489 e. The molecule has 0 aliphatic carbocycles. The van der Waals surface area contributed by atoms with E-state index in [0.717, 1.165) is 54.2 Å². The number of thiazole rings is 1. The van der Waals surface area contributed by atoms with Gasteiger partial charge in [-0.25, -0.2) is 19.6 Å². The summed E-state index contributed by atoms with van der Waals surface area (Å²) in [5.41, 5.74) is 4.41. The van der Waals surface area contributed by atoms with Crippen molar-refractivity contribution in [2.24, 2.45) is 5.16 Å². The summed E-state index contributed by atoms with van der Waals surface area (Å²) in [6.07, 6.45) is -6.76. The molecule has 2 fully saturated rings. The van der Waals surface area contributed by atoms with E-state index in [1.165, 1.54) is 19.2 Å². The molecule has 53 heavy (non-hydrogen) atoms. The van der Waals surface area contributed by atoms with Crippen LogP contribution in [0.1, 0.15) is 19.5 Å². The third-order valence-electron chi connectivity index (χ3n) is 7.38. The van der Waals surface area contributed by atoms with E-state index in [0.29, 0.717) is 10.8 Å². The number of carboxylic acid groups (broad SMARTS) is 2. The zero-order valence-electron chi connectivity index (χ0n) is 27.4. The number of oxime groups is 1. The molecule has 2 amide bonds. The number of benzene rings is 1. The normalized spacial score (nSPS) is 18.0. The summed E-state index contributed by atoms with van der Waals surface area (Å²) in [7, 11) is -5.01. The van der Waals surface area contributed by atoms with Crippen LogP contribution in [0, 0.1) is 0 Å². The van der Waals surface area contributed by atoms with Crippen LogP contribution in [-0.4, -0.2) is 124 Å². The minimum absolute atomic E-state index is 0.0623. The number of β-lactam (4-membered cyclic amide) rings is 1. The first-order valence-electron chi connectivity index (χ1n) is 15.0. The van der Waals surface area contributed by atoms with Crippen LogP contribution >= 0.6 is 11.3 Å². The lowest BCUT2D eigenvalue weighted by atomic mass is 9.84. The highest BCUT2D eigenvalue weighted by Crippen LogP contribution is 2.33. The number of pyridine rings is 1. The van der Waals surface area contributed by atoms with E-state index in [-0.39, 0.29) is 10.8 Å². The number of fused-ring (bicyclic) bond motifs is 1. The lowest BCUT2D eigenvalue weighted by molar-refractivity contribution is -0.218. The second-order valence-electron chi connectivity index (χ2n) is 11.5. The number of piperazine rings is 1. The number of aromatic nitrogens is 2. The van der Waals surface area contributed by atoms with Crippen molar-refractivity contribution in [3.63, 3.8) is 0 Å². The molecule has 1 aromatic carbocycles. The third kappa shape index (κ3) is 10.4. The summed E-state index contributed by atoms with van der Waals surface area (Å²) in [5.74, 6) is -5.01. The fraction of sp³-hybridized carbons (Fsp3) is 0.393. The van der Waals surface area contributed by atoms with Crippen LogP contribution in [0.3, 0.4) is 0 Å². The number of nitrogen functional groups attached to an aromatic ring is 1. The van der Waals surface area contributed by atoms with E-state index in [2.05, 4.69) is 30.0 Å². The number of carboxylic acids is 2. The molecule has 2 aliphatic rings. The van der Waals surface area contributed by atoms with Crippen molar-refractivity contribution >= 4 is 73.1 Å². The van der Waals surface area contributed by atoms with E-state index in [9.17, 15) is 41.1 Å². The van der Waals surface area contributed by atoms with Gasteiger partial charge in [0.15, 0.2) is 10.8 Å². The molecule has 2 saturated heterocycles. The standard InChI is InChI=1S/C26H30N8O10S2.C2HF3O2/c1-26(2)21(23(36)34(26)44-46(39,40)41)31-22(35)20(17-13-45-25(27)30-17)32-43-18(24(37)38)12-42-15-4-5-16-14(11-15)3-6-19(29-16)33-9-7-28-8-10-33;3-2(4,5)1(6)7/h3-6,11,13,18,21,28H,7-10,12H2,1-2H3,(H2,27,30)(H,31,35)(H,37,38)(H,39,40,41);(H,6,7). The number of alkyl halides is 3. The Morgan fingerprint density at radius 2 is 1.83 bits per heavy atom. The molecule has 0 radical (unpaired) electrons. The summed E-state index contributed by atoms with van der Waals surface area (Å²) in [6, 6.07) is 7.58. The molecular weight excluding hydrogens is 761 g/mol. The molecule has 2 aromatic heterocycles. The van der Waals surface area contributed by atoms with Gasteiger partial charge in [0, 0.05) is 36.9 Å². The van der Waals surface area contributed by atoms with Gasteiger partial charge in [-0.1, -0.05) is 5.16 Å². The Labute approximate surface area is 301 Å². The number of rotatable bonds is 12. The van der Waals surface area contributed by atoms with Gasteiger partial charge < -0.3 is 41.1 Å². The van der Waals surface area contributed by atoms with Gasteiger partial charge in [0.2, 0.25) is 0 Å². The molecule has 25 heteroatoms. The molecule has 3 aromatic rings. The van der Waals surface area contributed by atoms with Crippen LogP contribution in [0.4, 0.5) is 24.1 Å². The zero-order valence-corrected chi connectivity index (χ0v) is 29.1. The number of amides is 2. The average molecular weight is 793 g/mol. The van der Waals surface area contributed by atoms with Gasteiger partial charge in [0.1, 0.15) is 29.9 Å². The highest BCUT2D eigenvalue weighted by atomic mass is 32.3. The maximum Gasteiger partial charge on any atom is 0.490 e. The zero-order chi connectivity index (χ0) is 39.3. The number of carbonyl (C=O) groups is 4. The van der Waals surface area contributed by atoms with Gasteiger partial charge in [-0.2, -0.15) is 26.7 Å². The van der Waals surface area contributed by atoms with Crippen LogP contribution < -0.4 is 26.0 Å². The second kappa shape index (κ2) is 16.1. The predicted molar refractivity (Wildman–Crippen MR) is 177 cm³/mol. The quantitative estimate of drug-likeness (QED) is 0.0627. The number of hydrogen-bond acceptors (Lipinski definition) is 16. The minimum Gasteiger partial charge on any atom is -0.489 e. The summed E-state index contributed by atoms with van der Waals surface area (Å²) < 4.78 is 72.8. The van der Waals surface area contributed by atoms with Crippen molar-refractivity contribution in [3.8, 4) is 5.75 Å². The first-order valence-corrected chi connectivity index (χ1v) is 17.2. The first-order chi connectivity index (χ1) is 24.7. The van der Waals surface area contributed by atoms with Crippen LogP contribution in [0.2, 0.25) is 0 Å². The Morgan fingerprint density at radius 1 is 1.17 bits per heavy atom. The lowest BCUT2D eigenvalue weighted by Gasteiger charge is -2.50. The Bertz CT molecular complexity index is 2010. The van der Waals surface area contributed by atoms with E-state index < -0.39 is 70.3 Å². The summed E-state index contributed by atoms with van der Waals surface area (Å²) in [5, 5.41) is 28.9. The van der Waals surface area contributed by atoms with Crippen LogP contribution in [0.5, 0.6) is 5.75 Å². The van der Waals surface area contributed by atoms with Gasteiger partial charge in [-0.15, -0.1) is 15.6 Å².